The Morgan fingerprint density at radius 2 is 2.38 bits per heavy atom. The largest absolute Gasteiger partial charge is 0.495 e. The summed E-state index contributed by atoms with van der Waals surface area (Å²) in [6.07, 6.45) is 1.83. The Morgan fingerprint density at radius 1 is 1.69 bits per heavy atom. The van der Waals surface area contributed by atoms with Crippen LogP contribution in [-0.2, 0) is 11.2 Å². The van der Waals surface area contributed by atoms with Crippen molar-refractivity contribution in [1.29, 1.82) is 0 Å². The highest BCUT2D eigenvalue weighted by Gasteiger charge is 2.12. The van der Waals surface area contributed by atoms with Gasteiger partial charge in [0, 0.05) is 5.56 Å². The Bertz CT molecular complexity index is 327. The molecule has 0 atom stereocenters. The van der Waals surface area contributed by atoms with Crippen LogP contribution >= 0.6 is 0 Å². The van der Waals surface area contributed by atoms with Crippen molar-refractivity contribution in [3.05, 3.63) is 23.8 Å². The van der Waals surface area contributed by atoms with Gasteiger partial charge in [-0.1, -0.05) is 0 Å². The van der Waals surface area contributed by atoms with Crippen molar-refractivity contribution in [3.8, 4) is 5.75 Å². The summed E-state index contributed by atoms with van der Waals surface area (Å²) in [4.78, 5) is 13.9. The van der Waals surface area contributed by atoms with Gasteiger partial charge in [-0.05, 0) is 0 Å². The highest BCUT2D eigenvalue weighted by molar-refractivity contribution is 5.71. The molecule has 0 radical (unpaired) electrons. The van der Waals surface area contributed by atoms with Crippen LogP contribution in [0.25, 0.3) is 0 Å². The summed E-state index contributed by atoms with van der Waals surface area (Å²) in [7, 11) is 1.34. The van der Waals surface area contributed by atoms with E-state index in [1.807, 2.05) is 0 Å². The van der Waals surface area contributed by atoms with E-state index in [4.69, 9.17) is 9.84 Å². The lowest BCUT2D eigenvalue weighted by atomic mass is 10.2. The zero-order chi connectivity index (χ0) is 9.84. The van der Waals surface area contributed by atoms with Gasteiger partial charge in [-0.15, -0.1) is 0 Å². The van der Waals surface area contributed by atoms with E-state index in [1.165, 1.54) is 13.3 Å². The van der Waals surface area contributed by atoms with Gasteiger partial charge < -0.3 is 9.84 Å². The Kier molecular flexibility index (Phi) is 2.79. The molecule has 0 bridgehead atoms. The minimum absolute atomic E-state index is 0.0185. The van der Waals surface area contributed by atoms with Crippen LogP contribution in [0.15, 0.2) is 12.4 Å². The molecule has 0 saturated heterocycles. The highest BCUT2D eigenvalue weighted by atomic mass is 19.1. The van der Waals surface area contributed by atoms with Crippen LogP contribution in [0.3, 0.4) is 0 Å². The summed E-state index contributed by atoms with van der Waals surface area (Å²) in [6.45, 7) is 0. The van der Waals surface area contributed by atoms with Gasteiger partial charge >= 0.3 is 5.97 Å². The smallest absolute Gasteiger partial charge is 0.308 e. The van der Waals surface area contributed by atoms with Gasteiger partial charge in [0.2, 0.25) is 0 Å². The second-order valence-corrected chi connectivity index (χ2v) is 2.37. The van der Waals surface area contributed by atoms with Gasteiger partial charge in [0.25, 0.3) is 0 Å². The molecule has 1 rings (SSSR count). The number of halogens is 1. The first-order chi connectivity index (χ1) is 6.15. The second kappa shape index (κ2) is 3.84. The molecule has 1 heterocycles. The molecule has 0 aliphatic rings. The molecule has 5 heteroatoms. The molecule has 0 aliphatic heterocycles. The third kappa shape index (κ3) is 2.14. The summed E-state index contributed by atoms with van der Waals surface area (Å²) in [6, 6.07) is 0. The summed E-state index contributed by atoms with van der Waals surface area (Å²) in [5, 5.41) is 8.47. The number of aromatic nitrogens is 1. The molecular formula is C8H8FNO3. The van der Waals surface area contributed by atoms with Gasteiger partial charge in [-0.25, -0.2) is 4.39 Å². The summed E-state index contributed by atoms with van der Waals surface area (Å²) in [5.41, 5.74) is 0.0185. The van der Waals surface area contributed by atoms with Crippen molar-refractivity contribution in [3.63, 3.8) is 0 Å². The van der Waals surface area contributed by atoms with E-state index in [0.29, 0.717) is 0 Å². The summed E-state index contributed by atoms with van der Waals surface area (Å²) in [5.74, 6) is -1.62. The van der Waals surface area contributed by atoms with Crippen LogP contribution in [0.4, 0.5) is 4.39 Å². The van der Waals surface area contributed by atoms with Crippen molar-refractivity contribution < 1.29 is 19.0 Å². The van der Waals surface area contributed by atoms with E-state index >= 15 is 0 Å². The van der Waals surface area contributed by atoms with Crippen molar-refractivity contribution in [2.75, 3.05) is 7.11 Å². The van der Waals surface area contributed by atoms with Crippen molar-refractivity contribution >= 4 is 5.97 Å². The number of ether oxygens (including phenoxy) is 1. The second-order valence-electron chi connectivity index (χ2n) is 2.37. The first kappa shape index (κ1) is 9.44. The third-order valence-electron chi connectivity index (χ3n) is 1.51. The molecule has 4 nitrogen and oxygen atoms in total. The van der Waals surface area contributed by atoms with Crippen molar-refractivity contribution in [1.82, 2.24) is 4.98 Å². The number of hydrogen-bond donors (Lipinski definition) is 1. The van der Waals surface area contributed by atoms with Gasteiger partial charge in [0.15, 0.2) is 0 Å². The van der Waals surface area contributed by atoms with Gasteiger partial charge in [-0.2, -0.15) is 0 Å². The molecule has 0 aliphatic carbocycles. The average Bonchev–Trinajstić information content (AvgIpc) is 2.08. The molecule has 1 N–H and O–H groups in total. The molecule has 70 valence electrons. The van der Waals surface area contributed by atoms with Crippen LogP contribution in [0.2, 0.25) is 0 Å². The lowest BCUT2D eigenvalue weighted by Gasteiger charge is -2.05. The molecule has 13 heavy (non-hydrogen) atoms. The number of pyridine rings is 1. The van der Waals surface area contributed by atoms with Crippen molar-refractivity contribution in [2.24, 2.45) is 0 Å². The maximum atomic E-state index is 13.0. The van der Waals surface area contributed by atoms with Crippen LogP contribution in [0.1, 0.15) is 5.56 Å². The molecule has 1 aromatic heterocycles. The third-order valence-corrected chi connectivity index (χ3v) is 1.51. The molecule has 0 amide bonds. The average molecular weight is 185 g/mol. The topological polar surface area (TPSA) is 59.4 Å². The lowest BCUT2D eigenvalue weighted by molar-refractivity contribution is -0.136. The Labute approximate surface area is 74.0 Å². The lowest BCUT2D eigenvalue weighted by Crippen LogP contribution is -2.05. The van der Waals surface area contributed by atoms with E-state index in [1.54, 1.807) is 0 Å². The number of carbonyl (C=O) groups is 1. The monoisotopic (exact) mass is 185 g/mol. The molecule has 0 saturated carbocycles. The molecule has 1 aromatic rings. The maximum absolute atomic E-state index is 13.0. The van der Waals surface area contributed by atoms with Gasteiger partial charge in [0.05, 0.1) is 25.9 Å². The summed E-state index contributed by atoms with van der Waals surface area (Å²) >= 11 is 0. The number of hydrogen-bond acceptors (Lipinski definition) is 3. The van der Waals surface area contributed by atoms with E-state index in [0.717, 1.165) is 6.20 Å². The number of carboxylic acid groups (broad SMARTS) is 1. The van der Waals surface area contributed by atoms with E-state index < -0.39 is 18.2 Å². The Balaban J connectivity index is 3.07. The van der Waals surface area contributed by atoms with Crippen LogP contribution in [0, 0.1) is 5.82 Å². The molecule has 0 unspecified atom stereocenters. The fourth-order valence-electron chi connectivity index (χ4n) is 0.943. The number of rotatable bonds is 3. The number of nitrogens with zero attached hydrogens (tertiary/aromatic N) is 1. The SMILES string of the molecule is COc1cncc(F)c1CC(=O)O. The highest BCUT2D eigenvalue weighted by Crippen LogP contribution is 2.19. The van der Waals surface area contributed by atoms with Gasteiger partial charge in [0.1, 0.15) is 11.6 Å². The number of aliphatic carboxylic acids is 1. The predicted molar refractivity (Wildman–Crippen MR) is 42.1 cm³/mol. The fourth-order valence-corrected chi connectivity index (χ4v) is 0.943. The zero-order valence-electron chi connectivity index (χ0n) is 6.95. The predicted octanol–water partition coefficient (Wildman–Crippen LogP) is 0.856. The first-order valence-electron chi connectivity index (χ1n) is 3.53. The zero-order valence-corrected chi connectivity index (χ0v) is 6.95. The molecule has 0 fully saturated rings. The quantitative estimate of drug-likeness (QED) is 0.758. The minimum Gasteiger partial charge on any atom is -0.495 e. The number of methoxy groups -OCH3 is 1. The maximum Gasteiger partial charge on any atom is 0.308 e. The van der Waals surface area contributed by atoms with E-state index in [-0.39, 0.29) is 11.3 Å². The van der Waals surface area contributed by atoms with Crippen molar-refractivity contribution in [2.45, 2.75) is 6.42 Å². The normalized spacial score (nSPS) is 9.69. The molecule has 0 aromatic carbocycles. The number of carboxylic acids is 1. The minimum atomic E-state index is -1.11. The Hall–Kier alpha value is -1.65. The van der Waals surface area contributed by atoms with Crippen LogP contribution in [-0.4, -0.2) is 23.2 Å². The van der Waals surface area contributed by atoms with Gasteiger partial charge in [-0.3, -0.25) is 9.78 Å². The van der Waals surface area contributed by atoms with Crippen LogP contribution in [0.5, 0.6) is 5.75 Å². The van der Waals surface area contributed by atoms with E-state index in [9.17, 15) is 9.18 Å². The molecule has 0 spiro atoms. The molecular weight excluding hydrogens is 177 g/mol. The fraction of sp³-hybridized carbons (Fsp3) is 0.250. The standard InChI is InChI=1S/C8H8FNO3/c1-13-7-4-10-3-6(9)5(7)2-8(11)12/h3-4H,2H2,1H3,(H,11,12). The Morgan fingerprint density at radius 3 is 2.92 bits per heavy atom. The summed E-state index contributed by atoms with van der Waals surface area (Å²) < 4.78 is 17.8. The van der Waals surface area contributed by atoms with E-state index in [2.05, 4.69) is 4.98 Å². The van der Waals surface area contributed by atoms with Crippen LogP contribution < -0.4 is 4.74 Å². The first-order valence-corrected chi connectivity index (χ1v) is 3.53.